The normalized spacial score (nSPS) is 14.5. The fraction of sp³-hybridized carbons (Fsp3) is 0.318. The van der Waals surface area contributed by atoms with Gasteiger partial charge in [-0.1, -0.05) is 24.6 Å². The van der Waals surface area contributed by atoms with E-state index < -0.39 is 6.04 Å². The second kappa shape index (κ2) is 8.79. The lowest BCUT2D eigenvalue weighted by molar-refractivity contribution is -0.118. The van der Waals surface area contributed by atoms with Gasteiger partial charge >= 0.3 is 0 Å². The number of carbonyl (C=O) groups is 1. The summed E-state index contributed by atoms with van der Waals surface area (Å²) in [4.78, 5) is 14.1. The molecule has 0 fully saturated rings. The van der Waals surface area contributed by atoms with Gasteiger partial charge in [-0.15, -0.1) is 21.5 Å². The molecule has 1 aromatic carbocycles. The zero-order chi connectivity index (χ0) is 22.1. The molecule has 1 aliphatic rings. The van der Waals surface area contributed by atoms with Gasteiger partial charge in [-0.2, -0.15) is 5.10 Å². The molecule has 0 radical (unpaired) electrons. The molecule has 0 aliphatic carbocycles. The number of H-pyrrole nitrogens is 1. The number of aryl methyl sites for hydroxylation is 1. The molecule has 1 amide bonds. The van der Waals surface area contributed by atoms with Gasteiger partial charge in [0.2, 0.25) is 5.91 Å². The average molecular weight is 466 g/mol. The predicted molar refractivity (Wildman–Crippen MR) is 127 cm³/mol. The van der Waals surface area contributed by atoms with E-state index in [2.05, 4.69) is 30.3 Å². The smallest absolute Gasteiger partial charge is 0.247 e. The lowest BCUT2D eigenvalue weighted by Crippen LogP contribution is -2.24. The number of rotatable bonds is 5. The lowest BCUT2D eigenvalue weighted by Gasteiger charge is -2.16. The van der Waals surface area contributed by atoms with E-state index in [-0.39, 0.29) is 5.91 Å². The third kappa shape index (κ3) is 3.91. The summed E-state index contributed by atoms with van der Waals surface area (Å²) in [6.07, 6.45) is 4.44. The average Bonchev–Trinajstić information content (AvgIpc) is 3.51. The number of nitrogens with one attached hydrogen (secondary N) is 2. The maximum atomic E-state index is 13.1. The number of carbonyl (C=O) groups excluding carboxylic acids is 1. The van der Waals surface area contributed by atoms with Crippen molar-refractivity contribution < 1.29 is 4.79 Å². The van der Waals surface area contributed by atoms with Crippen LogP contribution in [-0.2, 0) is 17.8 Å². The van der Waals surface area contributed by atoms with Gasteiger partial charge in [-0.05, 0) is 55.6 Å². The topological polar surface area (TPSA) is 93.4 Å². The van der Waals surface area contributed by atoms with E-state index in [9.17, 15) is 4.79 Å². The van der Waals surface area contributed by atoms with E-state index in [0.717, 1.165) is 47.9 Å². The summed E-state index contributed by atoms with van der Waals surface area (Å²) in [7, 11) is 0. The Morgan fingerprint density at radius 3 is 2.94 bits per heavy atom. The van der Waals surface area contributed by atoms with E-state index >= 15 is 0 Å². The fourth-order valence-corrected chi connectivity index (χ4v) is 5.04. The molecule has 3 aromatic heterocycles. The summed E-state index contributed by atoms with van der Waals surface area (Å²) in [5.41, 5.74) is 1.65. The van der Waals surface area contributed by atoms with Gasteiger partial charge in [0.1, 0.15) is 11.9 Å². The molecule has 4 aromatic rings. The van der Waals surface area contributed by atoms with Gasteiger partial charge < -0.3 is 9.88 Å². The molecule has 1 aliphatic heterocycles. The Morgan fingerprint density at radius 2 is 2.09 bits per heavy atom. The molecule has 5 rings (SSSR count). The number of benzene rings is 1. The highest BCUT2D eigenvalue weighted by Crippen LogP contribution is 2.28. The van der Waals surface area contributed by atoms with Gasteiger partial charge in [-0.3, -0.25) is 14.5 Å². The second-order valence-electron chi connectivity index (χ2n) is 7.85. The van der Waals surface area contributed by atoms with Crippen molar-refractivity contribution in [3.63, 3.8) is 0 Å². The monoisotopic (exact) mass is 465 g/mol. The Kier molecular flexibility index (Phi) is 5.71. The van der Waals surface area contributed by atoms with Crippen LogP contribution in [0.4, 0.5) is 5.69 Å². The molecule has 0 unspecified atom stereocenters. The Labute approximate surface area is 194 Å². The van der Waals surface area contributed by atoms with Crippen molar-refractivity contribution in [2.45, 2.75) is 45.2 Å². The number of aromatic amines is 1. The van der Waals surface area contributed by atoms with Crippen LogP contribution >= 0.6 is 23.6 Å². The van der Waals surface area contributed by atoms with Crippen molar-refractivity contribution in [2.24, 2.45) is 0 Å². The van der Waals surface area contributed by atoms with Crippen LogP contribution in [0.25, 0.3) is 22.1 Å². The highest BCUT2D eigenvalue weighted by molar-refractivity contribution is 7.71. The molecular weight excluding hydrogens is 442 g/mol. The highest BCUT2D eigenvalue weighted by atomic mass is 32.1. The Morgan fingerprint density at radius 1 is 1.19 bits per heavy atom. The Hall–Kier alpha value is -3.11. The highest BCUT2D eigenvalue weighted by Gasteiger charge is 2.22. The molecule has 0 saturated heterocycles. The van der Waals surface area contributed by atoms with Crippen LogP contribution in [0.3, 0.4) is 0 Å². The fourth-order valence-electron chi connectivity index (χ4n) is 4.04. The molecule has 4 heterocycles. The number of thiophene rings is 1. The third-order valence-corrected chi connectivity index (χ3v) is 6.86. The first-order chi connectivity index (χ1) is 15.6. The molecule has 164 valence electrons. The van der Waals surface area contributed by atoms with Crippen LogP contribution in [0.15, 0.2) is 41.8 Å². The first-order valence-corrected chi connectivity index (χ1v) is 11.9. The van der Waals surface area contributed by atoms with Crippen LogP contribution in [0.1, 0.15) is 38.1 Å². The molecule has 2 N–H and O–H groups in total. The summed E-state index contributed by atoms with van der Waals surface area (Å²) >= 11 is 6.95. The minimum absolute atomic E-state index is 0.169. The minimum Gasteiger partial charge on any atom is -0.324 e. The second-order valence-corrected chi connectivity index (χ2v) is 9.18. The third-order valence-electron chi connectivity index (χ3n) is 5.71. The minimum atomic E-state index is -0.536. The van der Waals surface area contributed by atoms with Gasteiger partial charge in [0.25, 0.3) is 0 Å². The summed E-state index contributed by atoms with van der Waals surface area (Å²) in [5.74, 6) is 2.38. The molecule has 0 saturated carbocycles. The quantitative estimate of drug-likeness (QED) is 0.411. The molecule has 10 heteroatoms. The van der Waals surface area contributed by atoms with E-state index in [1.807, 2.05) is 48.7 Å². The Bertz CT molecular complexity index is 1300. The molecule has 0 bridgehead atoms. The van der Waals surface area contributed by atoms with Crippen LogP contribution in [-0.4, -0.2) is 35.4 Å². The summed E-state index contributed by atoms with van der Waals surface area (Å²) < 4.78 is 4.36. The Balaban J connectivity index is 1.39. The zero-order valence-electron chi connectivity index (χ0n) is 17.6. The van der Waals surface area contributed by atoms with Crippen molar-refractivity contribution in [1.82, 2.24) is 29.5 Å². The van der Waals surface area contributed by atoms with Crippen molar-refractivity contribution >= 4 is 35.1 Å². The molecule has 0 spiro atoms. The van der Waals surface area contributed by atoms with Crippen molar-refractivity contribution in [2.75, 3.05) is 5.32 Å². The van der Waals surface area contributed by atoms with Crippen molar-refractivity contribution in [3.8, 4) is 22.1 Å². The number of nitrogens with zero attached hydrogens (tertiary/aromatic N) is 5. The van der Waals surface area contributed by atoms with Gasteiger partial charge in [0, 0.05) is 24.2 Å². The largest absolute Gasteiger partial charge is 0.324 e. The van der Waals surface area contributed by atoms with Gasteiger partial charge in [0.05, 0.1) is 4.88 Å². The van der Waals surface area contributed by atoms with Gasteiger partial charge in [-0.25, -0.2) is 0 Å². The predicted octanol–water partition coefficient (Wildman–Crippen LogP) is 4.85. The summed E-state index contributed by atoms with van der Waals surface area (Å²) in [6.45, 7) is 2.75. The van der Waals surface area contributed by atoms with E-state index in [4.69, 9.17) is 12.2 Å². The van der Waals surface area contributed by atoms with Crippen LogP contribution < -0.4 is 5.32 Å². The maximum Gasteiger partial charge on any atom is 0.247 e. The maximum absolute atomic E-state index is 13.1. The number of hydrogen-bond acceptors (Lipinski definition) is 6. The number of anilines is 1. The molecule has 1 atom stereocenters. The lowest BCUT2D eigenvalue weighted by atomic mass is 10.1. The number of fused-ring (bicyclic) bond motifs is 1. The zero-order valence-corrected chi connectivity index (χ0v) is 19.2. The van der Waals surface area contributed by atoms with Crippen LogP contribution in [0.2, 0.25) is 0 Å². The van der Waals surface area contributed by atoms with Crippen molar-refractivity contribution in [1.29, 1.82) is 0 Å². The number of amides is 1. The summed E-state index contributed by atoms with van der Waals surface area (Å²) in [5, 5.41) is 20.9. The molecule has 8 nitrogen and oxygen atoms in total. The summed E-state index contributed by atoms with van der Waals surface area (Å²) in [6, 6.07) is 11.1. The standard InChI is InChI=1S/C22H23N7OS2/c1-14(29-20(26-27-22(29)31)17-9-6-12-32-17)21(30)23-16-8-5-7-15(13-16)19-25-24-18-10-3-2-4-11-28(18)19/h5-9,12-14H,2-4,10-11H2,1H3,(H,23,30)(H,27,31)/t14-/m1/s1. The van der Waals surface area contributed by atoms with E-state index in [1.54, 1.807) is 15.9 Å². The first kappa shape index (κ1) is 20.8. The SMILES string of the molecule is C[C@H](C(=O)Nc1cccc(-c2nnc3n2CCCCC3)c1)n1c(-c2cccs2)n[nH]c1=S. The molecule has 32 heavy (non-hydrogen) atoms. The van der Waals surface area contributed by atoms with Crippen LogP contribution in [0, 0.1) is 4.77 Å². The first-order valence-electron chi connectivity index (χ1n) is 10.7. The van der Waals surface area contributed by atoms with Crippen molar-refractivity contribution in [3.05, 3.63) is 52.4 Å². The molecular formula is C22H23N7OS2. The van der Waals surface area contributed by atoms with Crippen LogP contribution in [0.5, 0.6) is 0 Å². The van der Waals surface area contributed by atoms with E-state index in [1.165, 1.54) is 6.42 Å². The van der Waals surface area contributed by atoms with E-state index in [0.29, 0.717) is 16.3 Å². The van der Waals surface area contributed by atoms with Gasteiger partial charge in [0.15, 0.2) is 16.4 Å². The number of hydrogen-bond donors (Lipinski definition) is 2. The number of aromatic nitrogens is 6.